The van der Waals surface area contributed by atoms with E-state index in [1.165, 1.54) is 0 Å². The monoisotopic (exact) mass is 239 g/mol. The second-order valence-electron chi connectivity index (χ2n) is 3.39. The van der Waals surface area contributed by atoms with Crippen LogP contribution in [-0.2, 0) is 9.53 Å². The van der Waals surface area contributed by atoms with E-state index in [0.717, 1.165) is 12.1 Å². The van der Waals surface area contributed by atoms with Gasteiger partial charge in [0.25, 0.3) is 5.91 Å². The topological polar surface area (TPSA) is 64.6 Å². The third kappa shape index (κ3) is 2.20. The van der Waals surface area contributed by atoms with Crippen molar-refractivity contribution >= 4 is 17.6 Å². The Kier molecular flexibility index (Phi) is 2.95. The lowest BCUT2D eigenvalue weighted by atomic mass is 10.1. The quantitative estimate of drug-likeness (QED) is 0.791. The standard InChI is InChI=1S/C11H10FNO4/c1-2-16-11(15)7-3-6(12)4-8-10(7)17-5-9(14)13-8/h3-4H,2,5H2,1H3,(H,13,14). The molecule has 0 radical (unpaired) electrons. The summed E-state index contributed by atoms with van der Waals surface area (Å²) in [6, 6.07) is 2.11. The Morgan fingerprint density at radius 2 is 2.35 bits per heavy atom. The van der Waals surface area contributed by atoms with Gasteiger partial charge in [-0.2, -0.15) is 0 Å². The number of amides is 1. The van der Waals surface area contributed by atoms with Gasteiger partial charge in [-0.1, -0.05) is 0 Å². The molecule has 1 amide bonds. The molecule has 1 aliphatic rings. The maximum atomic E-state index is 13.3. The zero-order valence-electron chi connectivity index (χ0n) is 9.08. The van der Waals surface area contributed by atoms with E-state index in [1.807, 2.05) is 0 Å². The zero-order chi connectivity index (χ0) is 12.4. The summed E-state index contributed by atoms with van der Waals surface area (Å²) in [4.78, 5) is 22.6. The highest BCUT2D eigenvalue weighted by atomic mass is 19.1. The number of hydrogen-bond donors (Lipinski definition) is 1. The van der Waals surface area contributed by atoms with E-state index in [1.54, 1.807) is 6.92 Å². The first kappa shape index (κ1) is 11.4. The Bertz CT molecular complexity index is 487. The molecule has 0 fully saturated rings. The van der Waals surface area contributed by atoms with Crippen LogP contribution in [0.1, 0.15) is 17.3 Å². The maximum absolute atomic E-state index is 13.3. The highest BCUT2D eigenvalue weighted by molar-refractivity contribution is 6.01. The van der Waals surface area contributed by atoms with Gasteiger partial charge in [-0.15, -0.1) is 0 Å². The molecule has 1 aromatic carbocycles. The fourth-order valence-electron chi connectivity index (χ4n) is 1.53. The Morgan fingerprint density at radius 1 is 1.59 bits per heavy atom. The van der Waals surface area contributed by atoms with Crippen molar-refractivity contribution in [3.63, 3.8) is 0 Å². The summed E-state index contributed by atoms with van der Waals surface area (Å²) in [6.07, 6.45) is 0. The van der Waals surface area contributed by atoms with Crippen LogP contribution in [0.3, 0.4) is 0 Å². The molecule has 90 valence electrons. The van der Waals surface area contributed by atoms with Gasteiger partial charge < -0.3 is 14.8 Å². The van der Waals surface area contributed by atoms with E-state index in [-0.39, 0.29) is 30.2 Å². The van der Waals surface area contributed by atoms with Crippen LogP contribution in [0.25, 0.3) is 0 Å². The van der Waals surface area contributed by atoms with Crippen LogP contribution in [0.5, 0.6) is 5.75 Å². The van der Waals surface area contributed by atoms with Crippen LogP contribution in [-0.4, -0.2) is 25.1 Å². The number of ether oxygens (including phenoxy) is 2. The molecule has 17 heavy (non-hydrogen) atoms. The van der Waals surface area contributed by atoms with Gasteiger partial charge in [0.2, 0.25) is 0 Å². The molecule has 0 spiro atoms. The van der Waals surface area contributed by atoms with Crippen molar-refractivity contribution in [3.8, 4) is 5.75 Å². The van der Waals surface area contributed by atoms with E-state index in [4.69, 9.17) is 9.47 Å². The van der Waals surface area contributed by atoms with Crippen LogP contribution in [0.15, 0.2) is 12.1 Å². The van der Waals surface area contributed by atoms with Crippen molar-refractivity contribution in [2.75, 3.05) is 18.5 Å². The van der Waals surface area contributed by atoms with E-state index in [2.05, 4.69) is 5.32 Å². The molecule has 0 saturated heterocycles. The van der Waals surface area contributed by atoms with Gasteiger partial charge in [0.1, 0.15) is 11.4 Å². The van der Waals surface area contributed by atoms with E-state index in [9.17, 15) is 14.0 Å². The lowest BCUT2D eigenvalue weighted by Gasteiger charge is -2.20. The summed E-state index contributed by atoms with van der Waals surface area (Å²) in [7, 11) is 0. The first-order valence-electron chi connectivity index (χ1n) is 5.05. The van der Waals surface area contributed by atoms with Crippen molar-refractivity contribution in [2.24, 2.45) is 0 Å². The molecule has 0 aromatic heterocycles. The molecule has 0 atom stereocenters. The smallest absolute Gasteiger partial charge is 0.342 e. The molecular weight excluding hydrogens is 229 g/mol. The fraction of sp³-hybridized carbons (Fsp3) is 0.273. The summed E-state index contributed by atoms with van der Waals surface area (Å²) in [6.45, 7) is 1.62. The molecule has 5 nitrogen and oxygen atoms in total. The number of carbonyl (C=O) groups is 2. The predicted molar refractivity (Wildman–Crippen MR) is 56.5 cm³/mol. The first-order chi connectivity index (χ1) is 8.11. The molecule has 1 aliphatic heterocycles. The summed E-state index contributed by atoms with van der Waals surface area (Å²) >= 11 is 0. The minimum absolute atomic E-state index is 0.0261. The Balaban J connectivity index is 2.45. The number of fused-ring (bicyclic) bond motifs is 1. The van der Waals surface area contributed by atoms with Gasteiger partial charge in [-0.25, -0.2) is 9.18 Å². The number of carbonyl (C=O) groups excluding carboxylic acids is 2. The molecule has 0 unspecified atom stereocenters. The number of hydrogen-bond acceptors (Lipinski definition) is 4. The van der Waals surface area contributed by atoms with E-state index >= 15 is 0 Å². The molecule has 0 saturated carbocycles. The highest BCUT2D eigenvalue weighted by Crippen LogP contribution is 2.33. The largest absolute Gasteiger partial charge is 0.481 e. The van der Waals surface area contributed by atoms with Gasteiger partial charge in [0.15, 0.2) is 12.4 Å². The summed E-state index contributed by atoms with van der Waals surface area (Å²) in [5.74, 6) is -1.57. The predicted octanol–water partition coefficient (Wildman–Crippen LogP) is 1.33. The third-order valence-corrected chi connectivity index (χ3v) is 2.17. The van der Waals surface area contributed by atoms with Crippen LogP contribution in [0.2, 0.25) is 0 Å². The van der Waals surface area contributed by atoms with Crippen molar-refractivity contribution < 1.29 is 23.5 Å². The number of esters is 1. The zero-order valence-corrected chi connectivity index (χ0v) is 9.08. The number of rotatable bonds is 2. The molecule has 0 bridgehead atoms. The molecule has 1 heterocycles. The molecule has 2 rings (SSSR count). The van der Waals surface area contributed by atoms with Crippen LogP contribution in [0.4, 0.5) is 10.1 Å². The Morgan fingerprint density at radius 3 is 3.06 bits per heavy atom. The van der Waals surface area contributed by atoms with Crippen molar-refractivity contribution in [3.05, 3.63) is 23.5 Å². The van der Waals surface area contributed by atoms with Gasteiger partial charge in [-0.05, 0) is 13.0 Å². The summed E-state index contributed by atoms with van der Waals surface area (Å²) in [5, 5.41) is 2.43. The minimum atomic E-state index is -0.681. The van der Waals surface area contributed by atoms with Crippen LogP contribution in [0, 0.1) is 5.82 Å². The normalized spacial score (nSPS) is 13.4. The van der Waals surface area contributed by atoms with Crippen LogP contribution < -0.4 is 10.1 Å². The lowest BCUT2D eigenvalue weighted by Crippen LogP contribution is -2.27. The molecule has 1 N–H and O–H groups in total. The number of benzene rings is 1. The van der Waals surface area contributed by atoms with Crippen LogP contribution >= 0.6 is 0 Å². The van der Waals surface area contributed by atoms with Crippen molar-refractivity contribution in [2.45, 2.75) is 6.92 Å². The average Bonchev–Trinajstić information content (AvgIpc) is 2.27. The number of halogens is 1. The van der Waals surface area contributed by atoms with Gasteiger partial charge in [0.05, 0.1) is 12.3 Å². The molecule has 0 aliphatic carbocycles. The third-order valence-electron chi connectivity index (χ3n) is 2.17. The SMILES string of the molecule is CCOC(=O)c1cc(F)cc2c1OCC(=O)N2. The van der Waals surface area contributed by atoms with Crippen molar-refractivity contribution in [1.29, 1.82) is 0 Å². The summed E-state index contributed by atoms with van der Waals surface area (Å²) in [5.41, 5.74) is 0.117. The number of anilines is 1. The average molecular weight is 239 g/mol. The lowest BCUT2D eigenvalue weighted by molar-refractivity contribution is -0.118. The van der Waals surface area contributed by atoms with Gasteiger partial charge in [-0.3, -0.25) is 4.79 Å². The molecule has 6 heteroatoms. The summed E-state index contributed by atoms with van der Waals surface area (Å²) < 4.78 is 23.2. The molecular formula is C11H10FNO4. The number of nitrogens with one attached hydrogen (secondary N) is 1. The van der Waals surface area contributed by atoms with Gasteiger partial charge >= 0.3 is 5.97 Å². The second kappa shape index (κ2) is 4.40. The first-order valence-corrected chi connectivity index (χ1v) is 5.05. The maximum Gasteiger partial charge on any atom is 0.342 e. The Hall–Kier alpha value is -2.11. The highest BCUT2D eigenvalue weighted by Gasteiger charge is 2.24. The molecule has 1 aromatic rings. The van der Waals surface area contributed by atoms with Crippen molar-refractivity contribution in [1.82, 2.24) is 0 Å². The second-order valence-corrected chi connectivity index (χ2v) is 3.39. The fourth-order valence-corrected chi connectivity index (χ4v) is 1.53. The van der Waals surface area contributed by atoms with Gasteiger partial charge in [0, 0.05) is 6.07 Å². The Labute approximate surface area is 96.5 Å². The minimum Gasteiger partial charge on any atom is -0.481 e. The van der Waals surface area contributed by atoms with E-state index < -0.39 is 17.7 Å². The van der Waals surface area contributed by atoms with E-state index in [0.29, 0.717) is 0 Å².